The summed E-state index contributed by atoms with van der Waals surface area (Å²) in [5, 5.41) is 4.91. The largest absolute Gasteiger partial charge is 0.497 e. The molecule has 0 bridgehead atoms. The number of hydrogen-bond donors (Lipinski definition) is 2. The molecule has 11 heteroatoms. The van der Waals surface area contributed by atoms with Crippen LogP contribution in [-0.4, -0.2) is 44.6 Å². The van der Waals surface area contributed by atoms with Crippen LogP contribution in [0.25, 0.3) is 21.9 Å². The van der Waals surface area contributed by atoms with Crippen molar-refractivity contribution < 1.29 is 18.6 Å². The number of nitrogens with two attached hydrogens (primary N) is 1. The lowest BCUT2D eigenvalue weighted by atomic mass is 9.81. The van der Waals surface area contributed by atoms with Crippen molar-refractivity contribution in [1.82, 2.24) is 19.5 Å². The van der Waals surface area contributed by atoms with Crippen molar-refractivity contribution in [2.24, 2.45) is 17.3 Å². The molecule has 8 rings (SSSR count). The van der Waals surface area contributed by atoms with Crippen molar-refractivity contribution in [1.29, 1.82) is 0 Å². The van der Waals surface area contributed by atoms with Gasteiger partial charge in [-0.2, -0.15) is 0 Å². The second-order valence-corrected chi connectivity index (χ2v) is 13.8. The minimum Gasteiger partial charge on any atom is -0.497 e. The van der Waals surface area contributed by atoms with E-state index in [9.17, 15) is 0 Å². The van der Waals surface area contributed by atoms with Crippen molar-refractivity contribution in [3.05, 3.63) is 83.0 Å². The Kier molecular flexibility index (Phi) is 6.72. The van der Waals surface area contributed by atoms with Gasteiger partial charge in [-0.05, 0) is 86.1 Å². The lowest BCUT2D eigenvalue weighted by molar-refractivity contribution is -0.163. The van der Waals surface area contributed by atoms with Crippen molar-refractivity contribution in [3.63, 3.8) is 0 Å². The summed E-state index contributed by atoms with van der Waals surface area (Å²) < 4.78 is 36.2. The number of nitrogens with zero attached hydrogens (tertiary/aromatic N) is 4. The molecular formula is C35H36ClFN6O3. The van der Waals surface area contributed by atoms with Crippen molar-refractivity contribution in [2.75, 3.05) is 18.2 Å². The zero-order valence-electron chi connectivity index (χ0n) is 26.1. The van der Waals surface area contributed by atoms with Crippen molar-refractivity contribution >= 4 is 45.2 Å². The zero-order chi connectivity index (χ0) is 32.0. The minimum atomic E-state index is -0.710. The second kappa shape index (κ2) is 10.5. The number of hydrogen-bond acceptors (Lipinski definition) is 8. The van der Waals surface area contributed by atoms with Gasteiger partial charge in [0.15, 0.2) is 5.79 Å². The number of pyridine rings is 1. The molecule has 0 radical (unpaired) electrons. The van der Waals surface area contributed by atoms with Gasteiger partial charge in [0.05, 0.1) is 35.2 Å². The number of anilines is 2. The van der Waals surface area contributed by atoms with Crippen LogP contribution in [0.3, 0.4) is 0 Å². The SMILES string of the molecule is COc1ccc(CNc2nc3cc(CC(C)[C@@]45C[C@@H]4[C@@H](n4ccc6c(N)ncnc64)[C@@H]4OC(C)(C)O[C@@H]45)cc(F)c3cc2Cl)cc1. The Morgan fingerprint density at radius 2 is 1.91 bits per heavy atom. The summed E-state index contributed by atoms with van der Waals surface area (Å²) in [5.74, 6) is 1.22. The summed E-state index contributed by atoms with van der Waals surface area (Å²) in [6.07, 6.45) is 4.97. The van der Waals surface area contributed by atoms with E-state index >= 15 is 4.39 Å². The highest BCUT2D eigenvalue weighted by Gasteiger charge is 2.77. The fourth-order valence-corrected chi connectivity index (χ4v) is 8.40. The number of rotatable bonds is 8. The number of methoxy groups -OCH3 is 1. The van der Waals surface area contributed by atoms with E-state index in [1.54, 1.807) is 19.2 Å². The molecule has 1 saturated heterocycles. The summed E-state index contributed by atoms with van der Waals surface area (Å²) >= 11 is 6.54. The summed E-state index contributed by atoms with van der Waals surface area (Å²) in [6.45, 7) is 6.72. The molecule has 2 aromatic carbocycles. The third-order valence-electron chi connectivity index (χ3n) is 10.3. The first-order chi connectivity index (χ1) is 22.1. The predicted molar refractivity (Wildman–Crippen MR) is 175 cm³/mol. The number of benzene rings is 2. The number of aromatic nitrogens is 4. The molecule has 238 valence electrons. The van der Waals surface area contributed by atoms with E-state index in [0.29, 0.717) is 46.4 Å². The second-order valence-electron chi connectivity index (χ2n) is 13.4. The monoisotopic (exact) mass is 642 g/mol. The Morgan fingerprint density at radius 1 is 1.11 bits per heavy atom. The number of ether oxygens (including phenoxy) is 3. The fraction of sp³-hybridized carbons (Fsp3) is 0.400. The molecule has 3 aromatic heterocycles. The van der Waals surface area contributed by atoms with E-state index in [1.807, 2.05) is 56.4 Å². The zero-order valence-corrected chi connectivity index (χ0v) is 26.9. The molecule has 2 aliphatic carbocycles. The summed E-state index contributed by atoms with van der Waals surface area (Å²) in [5.41, 5.74) is 9.35. The molecule has 3 aliphatic rings. The summed E-state index contributed by atoms with van der Waals surface area (Å²) in [6, 6.07) is 15.0. The van der Waals surface area contributed by atoms with E-state index in [0.717, 1.165) is 34.3 Å². The predicted octanol–water partition coefficient (Wildman–Crippen LogP) is 6.93. The Labute approximate surface area is 271 Å². The number of nitrogen functional groups attached to an aromatic ring is 1. The molecule has 3 fully saturated rings. The molecule has 4 heterocycles. The Balaban J connectivity index is 1.07. The lowest BCUT2D eigenvalue weighted by Crippen LogP contribution is -2.35. The van der Waals surface area contributed by atoms with Crippen LogP contribution in [0, 0.1) is 23.1 Å². The summed E-state index contributed by atoms with van der Waals surface area (Å²) in [7, 11) is 1.64. The van der Waals surface area contributed by atoms with Crippen LogP contribution in [0.2, 0.25) is 5.02 Å². The molecule has 46 heavy (non-hydrogen) atoms. The van der Waals surface area contributed by atoms with E-state index < -0.39 is 5.79 Å². The molecule has 0 spiro atoms. The van der Waals surface area contributed by atoms with Gasteiger partial charge in [0.25, 0.3) is 0 Å². The maximum Gasteiger partial charge on any atom is 0.163 e. The van der Waals surface area contributed by atoms with Gasteiger partial charge < -0.3 is 29.8 Å². The normalized spacial score (nSPS) is 26.7. The van der Waals surface area contributed by atoms with Crippen LogP contribution in [0.4, 0.5) is 16.0 Å². The maximum absolute atomic E-state index is 15.6. The Hall–Kier alpha value is -3.99. The molecule has 5 aromatic rings. The third kappa shape index (κ3) is 4.60. The van der Waals surface area contributed by atoms with Gasteiger partial charge in [0.1, 0.15) is 41.3 Å². The third-order valence-corrected chi connectivity index (χ3v) is 10.6. The first-order valence-electron chi connectivity index (χ1n) is 15.7. The van der Waals surface area contributed by atoms with Crippen LogP contribution in [-0.2, 0) is 22.4 Å². The van der Waals surface area contributed by atoms with Gasteiger partial charge in [-0.1, -0.05) is 30.7 Å². The number of nitrogens with one attached hydrogen (secondary N) is 1. The maximum atomic E-state index is 15.6. The molecule has 0 amide bonds. The topological polar surface area (TPSA) is 109 Å². The molecule has 2 saturated carbocycles. The van der Waals surface area contributed by atoms with Gasteiger partial charge in [0.2, 0.25) is 0 Å². The minimum absolute atomic E-state index is 0.0394. The standard InChI is InChI=1S/C35H36ClFN6O3/c1-18(11-20-12-26(37)23-14-25(36)32(42-27(23)13-20)39-16-19-5-7-21(44-4)8-6-19)35-15-24(35)28(29-30(35)46-34(2,3)45-29)43-10-9-22-31(38)40-17-41-33(22)43/h5-10,12-14,17-18,24,28-30H,11,15-16H2,1-4H3,(H,39,42)(H2,38,40,41)/t18?,24-,28-,29+,30+,35+/m1/s1. The van der Waals surface area contributed by atoms with Gasteiger partial charge in [-0.25, -0.2) is 19.3 Å². The van der Waals surface area contributed by atoms with Crippen LogP contribution < -0.4 is 15.8 Å². The first-order valence-corrected chi connectivity index (χ1v) is 16.0. The van der Waals surface area contributed by atoms with E-state index in [-0.39, 0.29) is 35.4 Å². The van der Waals surface area contributed by atoms with Gasteiger partial charge in [0, 0.05) is 23.5 Å². The quantitative estimate of drug-likeness (QED) is 0.187. The van der Waals surface area contributed by atoms with Gasteiger partial charge >= 0.3 is 0 Å². The molecule has 9 nitrogen and oxygen atoms in total. The van der Waals surface area contributed by atoms with E-state index in [1.165, 1.54) is 6.33 Å². The molecule has 1 unspecified atom stereocenters. The average Bonchev–Trinajstić information content (AvgIpc) is 3.33. The fourth-order valence-electron chi connectivity index (χ4n) is 8.18. The van der Waals surface area contributed by atoms with Crippen LogP contribution in [0.5, 0.6) is 5.75 Å². The smallest absolute Gasteiger partial charge is 0.163 e. The number of halogens is 2. The highest BCUT2D eigenvalue weighted by atomic mass is 35.5. The highest BCUT2D eigenvalue weighted by molar-refractivity contribution is 6.33. The Bertz CT molecular complexity index is 1980. The lowest BCUT2D eigenvalue weighted by Gasteiger charge is -2.29. The highest BCUT2D eigenvalue weighted by Crippen LogP contribution is 2.74. The van der Waals surface area contributed by atoms with E-state index in [4.69, 9.17) is 36.5 Å². The van der Waals surface area contributed by atoms with E-state index in [2.05, 4.69) is 26.8 Å². The molecule has 3 N–H and O–H groups in total. The number of fused-ring (bicyclic) bond motifs is 5. The first kappa shape index (κ1) is 29.4. The molecule has 6 atom stereocenters. The Morgan fingerprint density at radius 3 is 2.70 bits per heavy atom. The molecule has 1 aliphatic heterocycles. The van der Waals surface area contributed by atoms with Crippen LogP contribution >= 0.6 is 11.6 Å². The van der Waals surface area contributed by atoms with Crippen molar-refractivity contribution in [3.8, 4) is 5.75 Å². The average molecular weight is 643 g/mol. The summed E-state index contributed by atoms with van der Waals surface area (Å²) in [4.78, 5) is 13.5. The van der Waals surface area contributed by atoms with Gasteiger partial charge in [-0.3, -0.25) is 0 Å². The van der Waals surface area contributed by atoms with Crippen LogP contribution in [0.15, 0.2) is 61.1 Å². The molecular weight excluding hydrogens is 607 g/mol. The van der Waals surface area contributed by atoms with Crippen LogP contribution in [0.1, 0.15) is 44.4 Å². The van der Waals surface area contributed by atoms with Crippen molar-refractivity contribution in [2.45, 2.75) is 64.2 Å². The van der Waals surface area contributed by atoms with Gasteiger partial charge in [-0.15, -0.1) is 0 Å².